The Morgan fingerprint density at radius 3 is 2.41 bits per heavy atom. The van der Waals surface area contributed by atoms with Gasteiger partial charge in [-0.1, -0.05) is 12.1 Å². The predicted molar refractivity (Wildman–Crippen MR) is 128 cm³/mol. The Labute approximate surface area is 200 Å². The van der Waals surface area contributed by atoms with E-state index < -0.39 is 5.60 Å². The SMILES string of the molecule is CC(C)n1nc(-c2ccc(C#N)cc2)c(C2CC2)c1C(=O)N[C@H]1CCN(C(=O)OC(C)(C)C)C1. The first-order valence-corrected chi connectivity index (χ1v) is 12.0. The molecule has 1 N–H and O–H groups in total. The normalized spacial score (nSPS) is 18.1. The lowest BCUT2D eigenvalue weighted by Gasteiger charge is -2.24. The van der Waals surface area contributed by atoms with Crippen LogP contribution in [0.15, 0.2) is 24.3 Å². The molecule has 2 heterocycles. The van der Waals surface area contributed by atoms with Crippen molar-refractivity contribution in [3.63, 3.8) is 0 Å². The minimum absolute atomic E-state index is 0.00669. The van der Waals surface area contributed by atoms with Crippen molar-refractivity contribution in [2.24, 2.45) is 0 Å². The van der Waals surface area contributed by atoms with Gasteiger partial charge in [0.2, 0.25) is 0 Å². The zero-order valence-electron chi connectivity index (χ0n) is 20.6. The number of benzene rings is 1. The Morgan fingerprint density at radius 1 is 1.18 bits per heavy atom. The van der Waals surface area contributed by atoms with Crippen LogP contribution < -0.4 is 5.32 Å². The summed E-state index contributed by atoms with van der Waals surface area (Å²) < 4.78 is 7.29. The molecule has 1 aromatic carbocycles. The van der Waals surface area contributed by atoms with Gasteiger partial charge in [-0.15, -0.1) is 0 Å². The first-order valence-electron chi connectivity index (χ1n) is 12.0. The van der Waals surface area contributed by atoms with Gasteiger partial charge in [-0.2, -0.15) is 10.4 Å². The fourth-order valence-electron chi connectivity index (χ4n) is 4.35. The molecule has 1 aliphatic carbocycles. The van der Waals surface area contributed by atoms with Gasteiger partial charge in [-0.05, 0) is 71.9 Å². The molecule has 0 unspecified atom stereocenters. The molecule has 0 radical (unpaired) electrons. The number of ether oxygens (including phenoxy) is 1. The van der Waals surface area contributed by atoms with Crippen LogP contribution in [0.1, 0.15) is 87.5 Å². The second-order valence-electron chi connectivity index (χ2n) is 10.5. The molecule has 0 spiro atoms. The van der Waals surface area contributed by atoms with E-state index in [0.29, 0.717) is 36.7 Å². The lowest BCUT2D eigenvalue weighted by atomic mass is 10.0. The molecule has 8 nitrogen and oxygen atoms in total. The molecule has 1 aromatic heterocycles. The van der Waals surface area contributed by atoms with E-state index in [1.54, 1.807) is 17.0 Å². The third kappa shape index (κ3) is 5.09. The quantitative estimate of drug-likeness (QED) is 0.697. The van der Waals surface area contributed by atoms with Gasteiger partial charge in [0.1, 0.15) is 11.3 Å². The molecule has 2 fully saturated rings. The monoisotopic (exact) mass is 463 g/mol. The summed E-state index contributed by atoms with van der Waals surface area (Å²) in [5.41, 5.74) is 3.35. The van der Waals surface area contributed by atoms with Gasteiger partial charge >= 0.3 is 6.09 Å². The van der Waals surface area contributed by atoms with Gasteiger partial charge < -0.3 is 15.0 Å². The third-order valence-corrected chi connectivity index (χ3v) is 6.10. The number of amides is 2. The van der Waals surface area contributed by atoms with Crippen LogP contribution in [0.25, 0.3) is 11.3 Å². The molecule has 180 valence electrons. The van der Waals surface area contributed by atoms with E-state index in [-0.39, 0.29) is 24.1 Å². The maximum absolute atomic E-state index is 13.6. The van der Waals surface area contributed by atoms with Gasteiger partial charge in [0.25, 0.3) is 5.91 Å². The summed E-state index contributed by atoms with van der Waals surface area (Å²) in [5.74, 6) is 0.153. The molecule has 34 heavy (non-hydrogen) atoms. The second-order valence-corrected chi connectivity index (χ2v) is 10.5. The standard InChI is InChI=1S/C26H33N5O3/c1-16(2)31-23(24(32)28-20-12-13-30(15-20)25(33)34-26(3,4)5)21(18-10-11-18)22(29-31)19-8-6-17(14-27)7-9-19/h6-9,16,18,20H,10-13,15H2,1-5H3,(H,28,32)/t20-/m0/s1. The molecule has 1 saturated carbocycles. The zero-order chi connectivity index (χ0) is 24.6. The Hall–Kier alpha value is -3.34. The van der Waals surface area contributed by atoms with Crippen molar-refractivity contribution in [3.8, 4) is 17.3 Å². The highest BCUT2D eigenvalue weighted by Crippen LogP contribution is 2.46. The Morgan fingerprint density at radius 2 is 1.85 bits per heavy atom. The molecule has 1 atom stereocenters. The minimum Gasteiger partial charge on any atom is -0.444 e. The van der Waals surface area contributed by atoms with Crippen LogP contribution in [0.4, 0.5) is 4.79 Å². The molecule has 0 bridgehead atoms. The largest absolute Gasteiger partial charge is 0.444 e. The summed E-state index contributed by atoms with van der Waals surface area (Å²) in [6, 6.07) is 9.37. The smallest absolute Gasteiger partial charge is 0.410 e. The van der Waals surface area contributed by atoms with Crippen molar-refractivity contribution < 1.29 is 14.3 Å². The summed E-state index contributed by atoms with van der Waals surface area (Å²) in [4.78, 5) is 27.7. The van der Waals surface area contributed by atoms with E-state index in [4.69, 9.17) is 15.1 Å². The van der Waals surface area contributed by atoms with E-state index in [9.17, 15) is 9.59 Å². The average Bonchev–Trinajstić information content (AvgIpc) is 3.36. The fourth-order valence-corrected chi connectivity index (χ4v) is 4.35. The summed E-state index contributed by atoms with van der Waals surface area (Å²) in [5, 5.41) is 17.2. The number of nitrogens with one attached hydrogen (secondary N) is 1. The maximum Gasteiger partial charge on any atom is 0.410 e. The molecule has 8 heteroatoms. The zero-order valence-corrected chi connectivity index (χ0v) is 20.6. The van der Waals surface area contributed by atoms with Crippen molar-refractivity contribution in [1.82, 2.24) is 20.0 Å². The molecule has 2 aromatic rings. The van der Waals surface area contributed by atoms with E-state index in [0.717, 1.165) is 29.7 Å². The van der Waals surface area contributed by atoms with Gasteiger partial charge in [0, 0.05) is 36.3 Å². The number of nitrogens with zero attached hydrogens (tertiary/aromatic N) is 4. The fraction of sp³-hybridized carbons (Fsp3) is 0.538. The molecule has 2 aliphatic rings. The van der Waals surface area contributed by atoms with Crippen LogP contribution in [-0.4, -0.2) is 51.4 Å². The number of likely N-dealkylation sites (tertiary alicyclic amines) is 1. The minimum atomic E-state index is -0.552. The molecule has 1 aliphatic heterocycles. The Bertz CT molecular complexity index is 1120. The number of aromatic nitrogens is 2. The van der Waals surface area contributed by atoms with E-state index >= 15 is 0 Å². The third-order valence-electron chi connectivity index (χ3n) is 6.10. The molecule has 2 amide bonds. The first-order chi connectivity index (χ1) is 16.1. The van der Waals surface area contributed by atoms with Crippen LogP contribution in [0, 0.1) is 11.3 Å². The highest BCUT2D eigenvalue weighted by Gasteiger charge is 2.37. The number of hydrogen-bond acceptors (Lipinski definition) is 5. The van der Waals surface area contributed by atoms with Crippen LogP contribution in [0.5, 0.6) is 0 Å². The van der Waals surface area contributed by atoms with Gasteiger partial charge in [-0.25, -0.2) is 4.79 Å². The number of nitriles is 1. The Kier molecular flexibility index (Phi) is 6.39. The topological polar surface area (TPSA) is 100 Å². The van der Waals surface area contributed by atoms with E-state index in [1.807, 2.05) is 51.4 Å². The molecule has 4 rings (SSSR count). The summed E-state index contributed by atoms with van der Waals surface area (Å²) in [6.07, 6.45) is 2.40. The van der Waals surface area contributed by atoms with Crippen LogP contribution in [0.2, 0.25) is 0 Å². The van der Waals surface area contributed by atoms with Crippen LogP contribution >= 0.6 is 0 Å². The molecule has 1 saturated heterocycles. The van der Waals surface area contributed by atoms with Gasteiger partial charge in [0.15, 0.2) is 0 Å². The van der Waals surface area contributed by atoms with Crippen molar-refractivity contribution in [2.75, 3.05) is 13.1 Å². The van der Waals surface area contributed by atoms with Gasteiger partial charge in [-0.3, -0.25) is 9.48 Å². The van der Waals surface area contributed by atoms with Crippen molar-refractivity contribution in [1.29, 1.82) is 5.26 Å². The van der Waals surface area contributed by atoms with Crippen molar-refractivity contribution in [2.45, 2.75) is 77.5 Å². The lowest BCUT2D eigenvalue weighted by molar-refractivity contribution is 0.0290. The highest BCUT2D eigenvalue weighted by molar-refractivity contribution is 5.96. The van der Waals surface area contributed by atoms with Crippen LogP contribution in [-0.2, 0) is 4.74 Å². The first kappa shape index (κ1) is 23.8. The van der Waals surface area contributed by atoms with E-state index in [2.05, 4.69) is 11.4 Å². The number of carbonyl (C=O) groups is 2. The van der Waals surface area contributed by atoms with Crippen molar-refractivity contribution in [3.05, 3.63) is 41.1 Å². The maximum atomic E-state index is 13.6. The summed E-state index contributed by atoms with van der Waals surface area (Å²) in [6.45, 7) is 10.5. The van der Waals surface area contributed by atoms with E-state index in [1.165, 1.54) is 0 Å². The second kappa shape index (κ2) is 9.13. The van der Waals surface area contributed by atoms with Gasteiger partial charge in [0.05, 0.1) is 17.3 Å². The average molecular weight is 464 g/mol. The highest BCUT2D eigenvalue weighted by atomic mass is 16.6. The predicted octanol–water partition coefficient (Wildman–Crippen LogP) is 4.62. The number of carbonyl (C=O) groups excluding carboxylic acids is 2. The molecular formula is C26H33N5O3. The number of rotatable bonds is 5. The summed E-state index contributed by atoms with van der Waals surface area (Å²) in [7, 11) is 0. The number of hydrogen-bond donors (Lipinski definition) is 1. The van der Waals surface area contributed by atoms with Crippen molar-refractivity contribution >= 4 is 12.0 Å². The van der Waals surface area contributed by atoms with Crippen LogP contribution in [0.3, 0.4) is 0 Å². The Balaban J connectivity index is 1.58. The lowest BCUT2D eigenvalue weighted by Crippen LogP contribution is -2.41. The molecular weight excluding hydrogens is 430 g/mol. The summed E-state index contributed by atoms with van der Waals surface area (Å²) >= 11 is 0.